The maximum Gasteiger partial charge on any atom is 0.315 e. The molecule has 2 heterocycles. The van der Waals surface area contributed by atoms with Crippen LogP contribution in [0.3, 0.4) is 0 Å². The Bertz CT molecular complexity index is 1000. The predicted octanol–water partition coefficient (Wildman–Crippen LogP) is 4.73. The van der Waals surface area contributed by atoms with Crippen LogP contribution in [0.4, 0.5) is 0 Å². The summed E-state index contributed by atoms with van der Waals surface area (Å²) in [5.41, 5.74) is 2.64. The van der Waals surface area contributed by atoms with E-state index in [9.17, 15) is 4.79 Å². The molecule has 0 radical (unpaired) electrons. The summed E-state index contributed by atoms with van der Waals surface area (Å²) in [5.74, 6) is -0.781. The normalized spacial score (nSPS) is 19.1. The highest BCUT2D eigenvalue weighted by Crippen LogP contribution is 2.46. The number of allylic oxidation sites excluding steroid dienone is 2. The van der Waals surface area contributed by atoms with Gasteiger partial charge in [0.25, 0.3) is 5.89 Å². The molecular formula is C21H23Cl2N3O4. The molecule has 160 valence electrons. The summed E-state index contributed by atoms with van der Waals surface area (Å²) in [6.07, 6.45) is 0.618. The summed E-state index contributed by atoms with van der Waals surface area (Å²) in [6, 6.07) is 5.17. The van der Waals surface area contributed by atoms with E-state index in [4.69, 9.17) is 37.2 Å². The third kappa shape index (κ3) is 4.58. The largest absolute Gasteiger partial charge is 0.463 e. The van der Waals surface area contributed by atoms with Crippen LogP contribution in [0.2, 0.25) is 10.0 Å². The number of esters is 1. The molecule has 0 fully saturated rings. The van der Waals surface area contributed by atoms with Crippen molar-refractivity contribution >= 4 is 40.5 Å². The van der Waals surface area contributed by atoms with Gasteiger partial charge in [0.05, 0.1) is 6.61 Å². The fourth-order valence-corrected chi connectivity index (χ4v) is 4.06. The van der Waals surface area contributed by atoms with Crippen LogP contribution in [-0.2, 0) is 20.7 Å². The molecule has 1 aliphatic rings. The van der Waals surface area contributed by atoms with Gasteiger partial charge in [0, 0.05) is 46.5 Å². The fraction of sp³-hybridized carbons (Fsp3) is 0.429. The highest BCUT2D eigenvalue weighted by Gasteiger charge is 2.42. The van der Waals surface area contributed by atoms with Gasteiger partial charge in [-0.15, -0.1) is 0 Å². The molecule has 0 spiro atoms. The average molecular weight is 452 g/mol. The van der Waals surface area contributed by atoms with Crippen molar-refractivity contribution in [2.75, 3.05) is 20.3 Å². The maximum atomic E-state index is 13.1. The third-order valence-corrected chi connectivity index (χ3v) is 5.49. The van der Waals surface area contributed by atoms with E-state index in [1.165, 1.54) is 0 Å². The zero-order valence-electron chi connectivity index (χ0n) is 17.2. The van der Waals surface area contributed by atoms with Crippen molar-refractivity contribution in [3.8, 4) is 0 Å². The molecule has 1 aromatic heterocycles. The number of aliphatic imine (C=N–C) groups is 1. The Morgan fingerprint density at radius 1 is 1.23 bits per heavy atom. The number of hydrogen-bond acceptors (Lipinski definition) is 7. The van der Waals surface area contributed by atoms with Crippen LogP contribution < -0.4 is 0 Å². The van der Waals surface area contributed by atoms with E-state index in [2.05, 4.69) is 15.1 Å². The molecule has 0 aliphatic carbocycles. The number of ether oxygens (including phenoxy) is 2. The van der Waals surface area contributed by atoms with Gasteiger partial charge in [-0.05, 0) is 31.5 Å². The van der Waals surface area contributed by atoms with Gasteiger partial charge < -0.3 is 14.0 Å². The summed E-state index contributed by atoms with van der Waals surface area (Å²) in [7, 11) is 1.54. The number of halogens is 2. The Balaban J connectivity index is 2.14. The lowest BCUT2D eigenvalue weighted by Gasteiger charge is -2.31. The van der Waals surface area contributed by atoms with E-state index < -0.39 is 17.8 Å². The number of benzene rings is 1. The molecule has 2 unspecified atom stereocenters. The zero-order chi connectivity index (χ0) is 21.8. The van der Waals surface area contributed by atoms with Crippen LogP contribution in [0, 0.1) is 5.92 Å². The number of carbonyl (C=O) groups is 1. The Morgan fingerprint density at radius 2 is 2.00 bits per heavy atom. The first-order chi connectivity index (χ1) is 14.4. The van der Waals surface area contributed by atoms with Crippen LogP contribution in [0.5, 0.6) is 0 Å². The van der Waals surface area contributed by atoms with Crippen molar-refractivity contribution in [1.29, 1.82) is 0 Å². The number of aromatic nitrogens is 2. The minimum absolute atomic E-state index is 0.138. The minimum atomic E-state index is -0.712. The summed E-state index contributed by atoms with van der Waals surface area (Å²) < 4.78 is 16.0. The number of rotatable bonds is 7. The second kappa shape index (κ2) is 9.73. The van der Waals surface area contributed by atoms with Gasteiger partial charge in [-0.2, -0.15) is 4.98 Å². The summed E-state index contributed by atoms with van der Waals surface area (Å²) in [5, 5.41) is 4.93. The highest BCUT2D eigenvalue weighted by atomic mass is 35.5. The lowest BCUT2D eigenvalue weighted by atomic mass is 9.75. The van der Waals surface area contributed by atoms with Gasteiger partial charge in [0.15, 0.2) is 5.82 Å². The Kier molecular flexibility index (Phi) is 7.28. The Morgan fingerprint density at radius 3 is 2.63 bits per heavy atom. The topological polar surface area (TPSA) is 86.8 Å². The predicted molar refractivity (Wildman–Crippen MR) is 115 cm³/mol. The third-order valence-electron chi connectivity index (χ3n) is 4.93. The standard InChI is InChI=1S/C21H23Cl2N3O4/c1-5-16-25-20(30-26-16)17-11(2)24-12(3)18(21(27)29-9-8-28-4)19(17)14-7-6-13(22)10-15(14)23/h6-7,10,18-19H,5,8-9H2,1-4H3. The molecule has 1 aliphatic heterocycles. The smallest absolute Gasteiger partial charge is 0.315 e. The number of nitrogens with zero attached hydrogens (tertiary/aromatic N) is 3. The maximum absolute atomic E-state index is 13.1. The van der Waals surface area contributed by atoms with Crippen LogP contribution in [0.25, 0.3) is 5.57 Å². The van der Waals surface area contributed by atoms with Crippen LogP contribution >= 0.6 is 23.2 Å². The van der Waals surface area contributed by atoms with E-state index in [1.807, 2.05) is 13.8 Å². The summed E-state index contributed by atoms with van der Waals surface area (Å²) >= 11 is 12.7. The fourth-order valence-electron chi connectivity index (χ4n) is 3.53. The molecule has 0 bridgehead atoms. The monoisotopic (exact) mass is 451 g/mol. The van der Waals surface area contributed by atoms with E-state index in [1.54, 1.807) is 32.2 Å². The van der Waals surface area contributed by atoms with Gasteiger partial charge in [0.1, 0.15) is 12.5 Å². The van der Waals surface area contributed by atoms with Crippen molar-refractivity contribution < 1.29 is 18.8 Å². The summed E-state index contributed by atoms with van der Waals surface area (Å²) in [4.78, 5) is 22.1. The Labute approximate surface area is 185 Å². The second-order valence-corrected chi connectivity index (χ2v) is 7.75. The molecule has 2 atom stereocenters. The Hall–Kier alpha value is -2.22. The first-order valence-electron chi connectivity index (χ1n) is 9.56. The van der Waals surface area contributed by atoms with Crippen molar-refractivity contribution in [2.24, 2.45) is 10.9 Å². The SMILES string of the molecule is CCc1noc(C2=C(C)N=C(C)C(C(=O)OCCOC)C2c2ccc(Cl)cc2Cl)n1. The molecule has 7 nitrogen and oxygen atoms in total. The molecule has 9 heteroatoms. The van der Waals surface area contributed by atoms with E-state index in [0.29, 0.717) is 57.3 Å². The number of hydrogen-bond donors (Lipinski definition) is 0. The molecular weight excluding hydrogens is 429 g/mol. The molecule has 2 aromatic rings. The van der Waals surface area contributed by atoms with Crippen LogP contribution in [0.1, 0.15) is 44.0 Å². The van der Waals surface area contributed by atoms with E-state index in [-0.39, 0.29) is 6.61 Å². The van der Waals surface area contributed by atoms with E-state index >= 15 is 0 Å². The quantitative estimate of drug-likeness (QED) is 0.446. The molecule has 3 rings (SSSR count). The molecule has 30 heavy (non-hydrogen) atoms. The van der Waals surface area contributed by atoms with Crippen molar-refractivity contribution in [3.63, 3.8) is 0 Å². The number of carbonyl (C=O) groups excluding carboxylic acids is 1. The molecule has 0 N–H and O–H groups in total. The summed E-state index contributed by atoms with van der Waals surface area (Å²) in [6.45, 7) is 6.01. The molecule has 0 amide bonds. The van der Waals surface area contributed by atoms with Crippen LogP contribution in [0.15, 0.2) is 33.4 Å². The second-order valence-electron chi connectivity index (χ2n) is 6.90. The van der Waals surface area contributed by atoms with E-state index in [0.717, 1.165) is 0 Å². The molecule has 0 saturated carbocycles. The number of aryl methyl sites for hydroxylation is 1. The first-order valence-corrected chi connectivity index (χ1v) is 10.3. The number of methoxy groups -OCH3 is 1. The highest BCUT2D eigenvalue weighted by molar-refractivity contribution is 6.35. The zero-order valence-corrected chi connectivity index (χ0v) is 18.8. The molecule has 1 aromatic carbocycles. The van der Waals surface area contributed by atoms with Crippen molar-refractivity contribution in [1.82, 2.24) is 10.1 Å². The average Bonchev–Trinajstić information content (AvgIpc) is 3.16. The lowest BCUT2D eigenvalue weighted by molar-refractivity contribution is -0.147. The van der Waals surface area contributed by atoms with Crippen molar-refractivity contribution in [3.05, 3.63) is 51.2 Å². The lowest BCUT2D eigenvalue weighted by Crippen LogP contribution is -2.34. The first kappa shape index (κ1) is 22.5. The molecule has 0 saturated heterocycles. The minimum Gasteiger partial charge on any atom is -0.463 e. The van der Waals surface area contributed by atoms with Crippen LogP contribution in [-0.4, -0.2) is 42.1 Å². The van der Waals surface area contributed by atoms with Crippen molar-refractivity contribution in [2.45, 2.75) is 33.1 Å². The van der Waals surface area contributed by atoms with Gasteiger partial charge in [0.2, 0.25) is 0 Å². The van der Waals surface area contributed by atoms with Gasteiger partial charge in [-0.1, -0.05) is 41.3 Å². The van der Waals surface area contributed by atoms with Gasteiger partial charge >= 0.3 is 5.97 Å². The van der Waals surface area contributed by atoms with Gasteiger partial charge in [-0.3, -0.25) is 9.79 Å². The van der Waals surface area contributed by atoms with Gasteiger partial charge in [-0.25, -0.2) is 0 Å².